The normalized spacial score (nSPS) is 22.2. The Kier molecular flexibility index (Phi) is 4.43. The fraction of sp³-hybridized carbons (Fsp3) is 0.909. The van der Waals surface area contributed by atoms with Crippen LogP contribution in [0.25, 0.3) is 0 Å². The highest BCUT2D eigenvalue weighted by Crippen LogP contribution is 2.28. The maximum Gasteiger partial charge on any atom is 0.151 e. The molecule has 1 aliphatic rings. The summed E-state index contributed by atoms with van der Waals surface area (Å²) in [4.78, 5) is 11.0. The van der Waals surface area contributed by atoms with Gasteiger partial charge in [0, 0.05) is 6.61 Å². The molecule has 0 N–H and O–H groups in total. The molecular weight excluding hydrogens is 164 g/mol. The zero-order valence-corrected chi connectivity index (χ0v) is 8.55. The van der Waals surface area contributed by atoms with E-state index in [1.54, 1.807) is 0 Å². The molecule has 2 heteroatoms. The maximum atomic E-state index is 11.0. The van der Waals surface area contributed by atoms with Gasteiger partial charge in [0.25, 0.3) is 0 Å². The Morgan fingerprint density at radius 3 is 2.31 bits per heavy atom. The van der Waals surface area contributed by atoms with E-state index in [0.717, 1.165) is 45.0 Å². The van der Waals surface area contributed by atoms with Gasteiger partial charge in [0.05, 0.1) is 0 Å². The Balaban J connectivity index is 2.48. The molecule has 0 aliphatic heterocycles. The van der Waals surface area contributed by atoms with Crippen LogP contribution in [0.1, 0.15) is 51.9 Å². The first-order chi connectivity index (χ1) is 6.33. The quantitative estimate of drug-likeness (QED) is 0.496. The maximum absolute atomic E-state index is 11.0. The second-order valence-electron chi connectivity index (χ2n) is 3.95. The SMILES string of the molecule is CCCOC1(C=O)CCCCCC1. The van der Waals surface area contributed by atoms with Crippen molar-refractivity contribution in [1.82, 2.24) is 0 Å². The van der Waals surface area contributed by atoms with Crippen LogP contribution in [0.4, 0.5) is 0 Å². The molecule has 0 aromatic rings. The molecule has 0 bridgehead atoms. The lowest BCUT2D eigenvalue weighted by Gasteiger charge is -2.26. The summed E-state index contributed by atoms with van der Waals surface area (Å²) in [6, 6.07) is 0. The first kappa shape index (κ1) is 10.7. The Morgan fingerprint density at radius 1 is 1.23 bits per heavy atom. The van der Waals surface area contributed by atoms with Crippen molar-refractivity contribution in [3.8, 4) is 0 Å². The number of carbonyl (C=O) groups is 1. The lowest BCUT2D eigenvalue weighted by molar-refractivity contribution is -0.133. The first-order valence-electron chi connectivity index (χ1n) is 5.43. The molecule has 2 nitrogen and oxygen atoms in total. The molecule has 1 aliphatic carbocycles. The molecular formula is C11H20O2. The molecule has 1 fully saturated rings. The molecule has 0 unspecified atom stereocenters. The second kappa shape index (κ2) is 5.38. The number of hydrogen-bond donors (Lipinski definition) is 0. The van der Waals surface area contributed by atoms with E-state index >= 15 is 0 Å². The van der Waals surface area contributed by atoms with Gasteiger partial charge in [0.15, 0.2) is 6.29 Å². The van der Waals surface area contributed by atoms with Gasteiger partial charge in [-0.1, -0.05) is 32.6 Å². The van der Waals surface area contributed by atoms with Gasteiger partial charge in [-0.2, -0.15) is 0 Å². The van der Waals surface area contributed by atoms with Crippen molar-refractivity contribution in [1.29, 1.82) is 0 Å². The topological polar surface area (TPSA) is 26.3 Å². The Labute approximate surface area is 80.7 Å². The fourth-order valence-corrected chi connectivity index (χ4v) is 1.93. The van der Waals surface area contributed by atoms with Crippen molar-refractivity contribution in [2.45, 2.75) is 57.5 Å². The fourth-order valence-electron chi connectivity index (χ4n) is 1.93. The third kappa shape index (κ3) is 3.11. The van der Waals surface area contributed by atoms with Crippen LogP contribution in [0.15, 0.2) is 0 Å². The summed E-state index contributed by atoms with van der Waals surface area (Å²) in [6.45, 7) is 2.80. The van der Waals surface area contributed by atoms with E-state index in [0.29, 0.717) is 0 Å². The highest BCUT2D eigenvalue weighted by molar-refractivity contribution is 5.62. The molecule has 0 spiro atoms. The van der Waals surface area contributed by atoms with E-state index in [2.05, 4.69) is 6.92 Å². The summed E-state index contributed by atoms with van der Waals surface area (Å²) in [5, 5.41) is 0. The molecule has 13 heavy (non-hydrogen) atoms. The van der Waals surface area contributed by atoms with Gasteiger partial charge in [-0.15, -0.1) is 0 Å². The largest absolute Gasteiger partial charge is 0.368 e. The lowest BCUT2D eigenvalue weighted by atomic mass is 9.96. The van der Waals surface area contributed by atoms with Crippen molar-refractivity contribution in [2.24, 2.45) is 0 Å². The Hall–Kier alpha value is -0.370. The summed E-state index contributed by atoms with van der Waals surface area (Å²) < 4.78 is 5.68. The third-order valence-electron chi connectivity index (χ3n) is 2.76. The van der Waals surface area contributed by atoms with Gasteiger partial charge in [-0.3, -0.25) is 0 Å². The monoisotopic (exact) mass is 184 g/mol. The average molecular weight is 184 g/mol. The minimum absolute atomic E-state index is 0.424. The minimum atomic E-state index is -0.424. The van der Waals surface area contributed by atoms with Gasteiger partial charge in [0.2, 0.25) is 0 Å². The molecule has 0 amide bonds. The molecule has 1 rings (SSSR count). The van der Waals surface area contributed by atoms with Gasteiger partial charge < -0.3 is 9.53 Å². The molecule has 1 saturated carbocycles. The first-order valence-corrected chi connectivity index (χ1v) is 5.43. The summed E-state index contributed by atoms with van der Waals surface area (Å²) in [6.07, 6.45) is 8.68. The van der Waals surface area contributed by atoms with Crippen molar-refractivity contribution >= 4 is 6.29 Å². The van der Waals surface area contributed by atoms with E-state index in [4.69, 9.17) is 4.74 Å². The van der Waals surface area contributed by atoms with E-state index in [-0.39, 0.29) is 0 Å². The van der Waals surface area contributed by atoms with Gasteiger partial charge in [-0.05, 0) is 19.3 Å². The smallest absolute Gasteiger partial charge is 0.151 e. The molecule has 0 atom stereocenters. The summed E-state index contributed by atoms with van der Waals surface area (Å²) in [5.74, 6) is 0. The number of rotatable bonds is 4. The summed E-state index contributed by atoms with van der Waals surface area (Å²) in [5.41, 5.74) is -0.424. The van der Waals surface area contributed by atoms with E-state index in [9.17, 15) is 4.79 Å². The number of hydrogen-bond acceptors (Lipinski definition) is 2. The average Bonchev–Trinajstić information content (AvgIpc) is 2.41. The highest BCUT2D eigenvalue weighted by Gasteiger charge is 2.30. The Morgan fingerprint density at radius 2 is 1.85 bits per heavy atom. The number of ether oxygens (including phenoxy) is 1. The molecule has 0 aromatic carbocycles. The molecule has 0 aromatic heterocycles. The summed E-state index contributed by atoms with van der Waals surface area (Å²) in [7, 11) is 0. The van der Waals surface area contributed by atoms with Crippen molar-refractivity contribution in [3.63, 3.8) is 0 Å². The lowest BCUT2D eigenvalue weighted by Crippen LogP contribution is -2.34. The molecule has 0 saturated heterocycles. The standard InChI is InChI=1S/C11H20O2/c1-2-9-13-11(10-12)7-5-3-4-6-8-11/h10H,2-9H2,1H3. The molecule has 0 radical (unpaired) electrons. The van der Waals surface area contributed by atoms with Crippen LogP contribution in [0.5, 0.6) is 0 Å². The Bertz CT molecular complexity index is 146. The highest BCUT2D eigenvalue weighted by atomic mass is 16.5. The van der Waals surface area contributed by atoms with Crippen LogP contribution < -0.4 is 0 Å². The molecule has 76 valence electrons. The van der Waals surface area contributed by atoms with Crippen LogP contribution in [0.2, 0.25) is 0 Å². The van der Waals surface area contributed by atoms with Crippen LogP contribution in [-0.4, -0.2) is 18.5 Å². The predicted octanol–water partition coefficient (Wildman–Crippen LogP) is 2.70. The third-order valence-corrected chi connectivity index (χ3v) is 2.76. The van der Waals surface area contributed by atoms with Crippen molar-refractivity contribution in [2.75, 3.05) is 6.61 Å². The van der Waals surface area contributed by atoms with E-state index in [1.807, 2.05) is 0 Å². The van der Waals surface area contributed by atoms with Crippen molar-refractivity contribution < 1.29 is 9.53 Å². The second-order valence-corrected chi connectivity index (χ2v) is 3.95. The predicted molar refractivity (Wildman–Crippen MR) is 52.7 cm³/mol. The van der Waals surface area contributed by atoms with E-state index < -0.39 is 5.60 Å². The van der Waals surface area contributed by atoms with Gasteiger partial charge in [-0.25, -0.2) is 0 Å². The zero-order valence-electron chi connectivity index (χ0n) is 8.55. The van der Waals surface area contributed by atoms with Crippen LogP contribution in [0, 0.1) is 0 Å². The van der Waals surface area contributed by atoms with Crippen LogP contribution in [0.3, 0.4) is 0 Å². The summed E-state index contributed by atoms with van der Waals surface area (Å²) >= 11 is 0. The number of aldehydes is 1. The number of carbonyl (C=O) groups excluding carboxylic acids is 1. The zero-order chi connectivity index (χ0) is 9.57. The van der Waals surface area contributed by atoms with Crippen LogP contribution in [-0.2, 0) is 9.53 Å². The molecule has 0 heterocycles. The van der Waals surface area contributed by atoms with E-state index in [1.165, 1.54) is 12.8 Å². The minimum Gasteiger partial charge on any atom is -0.368 e. The van der Waals surface area contributed by atoms with Gasteiger partial charge in [0.1, 0.15) is 5.60 Å². The van der Waals surface area contributed by atoms with Crippen LogP contribution >= 0.6 is 0 Å². The van der Waals surface area contributed by atoms with Gasteiger partial charge >= 0.3 is 0 Å². The van der Waals surface area contributed by atoms with Crippen molar-refractivity contribution in [3.05, 3.63) is 0 Å².